The highest BCUT2D eigenvalue weighted by Crippen LogP contribution is 2.44. The predicted molar refractivity (Wildman–Crippen MR) is 81.2 cm³/mol. The van der Waals surface area contributed by atoms with Crippen molar-refractivity contribution in [2.45, 2.75) is 58.7 Å². The topological polar surface area (TPSA) is 66.8 Å². The van der Waals surface area contributed by atoms with Crippen LogP contribution in [0.15, 0.2) is 18.2 Å². The van der Waals surface area contributed by atoms with Crippen LogP contribution in [0.2, 0.25) is 0 Å². The van der Waals surface area contributed by atoms with Crippen molar-refractivity contribution in [3.05, 3.63) is 29.3 Å². The van der Waals surface area contributed by atoms with E-state index in [1.807, 2.05) is 12.1 Å². The van der Waals surface area contributed by atoms with Crippen LogP contribution in [0, 0.1) is 0 Å². The summed E-state index contributed by atoms with van der Waals surface area (Å²) in [6.07, 6.45) is 4.19. The molecule has 0 aliphatic carbocycles. The molecule has 1 aromatic rings. The first-order valence-corrected chi connectivity index (χ1v) is 8.94. The minimum Gasteiger partial charge on any atom is -0.478 e. The fourth-order valence-corrected chi connectivity index (χ4v) is 2.92. The molecule has 0 amide bonds. The first-order chi connectivity index (χ1) is 9.42. The monoisotopic (exact) mass is 300 g/mol. The lowest BCUT2D eigenvalue weighted by Crippen LogP contribution is -2.16. The Morgan fingerprint density at radius 2 is 1.80 bits per heavy atom. The fraction of sp³-hybridized carbons (Fsp3) is 0.600. The SMILES string of the molecule is CCCc1ccc(OC(CC)P(=O)(O)O)c(CCC)c1. The number of rotatable bonds is 8. The average molecular weight is 300 g/mol. The molecule has 0 radical (unpaired) electrons. The summed E-state index contributed by atoms with van der Waals surface area (Å²) in [4.78, 5) is 18.6. The molecule has 1 aromatic carbocycles. The van der Waals surface area contributed by atoms with E-state index in [9.17, 15) is 14.4 Å². The van der Waals surface area contributed by atoms with Crippen molar-refractivity contribution in [3.63, 3.8) is 0 Å². The molecule has 0 heterocycles. The third-order valence-corrected chi connectivity index (χ3v) is 4.39. The van der Waals surface area contributed by atoms with Crippen LogP contribution in [0.25, 0.3) is 0 Å². The van der Waals surface area contributed by atoms with Crippen LogP contribution in [0.5, 0.6) is 5.75 Å². The lowest BCUT2D eigenvalue weighted by atomic mass is 10.0. The summed E-state index contributed by atoms with van der Waals surface area (Å²) in [7, 11) is -4.23. The minimum absolute atomic E-state index is 0.284. The Morgan fingerprint density at radius 1 is 1.15 bits per heavy atom. The minimum atomic E-state index is -4.23. The van der Waals surface area contributed by atoms with Crippen molar-refractivity contribution >= 4 is 7.60 Å². The number of ether oxygens (including phenoxy) is 1. The Balaban J connectivity index is 3.01. The molecule has 0 aliphatic heterocycles. The van der Waals surface area contributed by atoms with Gasteiger partial charge < -0.3 is 14.5 Å². The molecule has 5 heteroatoms. The van der Waals surface area contributed by atoms with Gasteiger partial charge in [-0.25, -0.2) is 0 Å². The summed E-state index contributed by atoms with van der Waals surface area (Å²) < 4.78 is 17.0. The summed E-state index contributed by atoms with van der Waals surface area (Å²) in [5.41, 5.74) is 2.28. The van der Waals surface area contributed by atoms with Crippen LogP contribution >= 0.6 is 7.60 Å². The highest BCUT2D eigenvalue weighted by molar-refractivity contribution is 7.52. The van der Waals surface area contributed by atoms with E-state index in [0.29, 0.717) is 5.75 Å². The fourth-order valence-electron chi connectivity index (χ4n) is 2.19. The number of hydrogen-bond acceptors (Lipinski definition) is 2. The molecule has 0 spiro atoms. The Labute approximate surface area is 121 Å². The molecule has 0 saturated heterocycles. The smallest absolute Gasteiger partial charge is 0.365 e. The second kappa shape index (κ2) is 7.82. The molecule has 4 nitrogen and oxygen atoms in total. The van der Waals surface area contributed by atoms with Crippen LogP contribution in [0.4, 0.5) is 0 Å². The maximum atomic E-state index is 11.4. The molecule has 20 heavy (non-hydrogen) atoms. The highest BCUT2D eigenvalue weighted by Gasteiger charge is 2.29. The van der Waals surface area contributed by atoms with Gasteiger partial charge in [-0.2, -0.15) is 0 Å². The maximum absolute atomic E-state index is 11.4. The van der Waals surface area contributed by atoms with Crippen molar-refractivity contribution in [1.82, 2.24) is 0 Å². The Kier molecular flexibility index (Phi) is 6.74. The van der Waals surface area contributed by atoms with E-state index in [2.05, 4.69) is 19.9 Å². The molecule has 0 aromatic heterocycles. The molecule has 0 aliphatic rings. The van der Waals surface area contributed by atoms with Gasteiger partial charge in [0.15, 0.2) is 5.85 Å². The van der Waals surface area contributed by atoms with Crippen LogP contribution < -0.4 is 4.74 Å². The van der Waals surface area contributed by atoms with E-state index in [1.54, 1.807) is 6.92 Å². The highest BCUT2D eigenvalue weighted by atomic mass is 31.2. The van der Waals surface area contributed by atoms with Crippen LogP contribution in [-0.2, 0) is 17.4 Å². The molecule has 1 atom stereocenters. The lowest BCUT2D eigenvalue weighted by Gasteiger charge is -2.21. The predicted octanol–water partition coefficient (Wildman–Crippen LogP) is 3.88. The van der Waals surface area contributed by atoms with Gasteiger partial charge in [0.25, 0.3) is 0 Å². The van der Waals surface area contributed by atoms with Gasteiger partial charge in [-0.05, 0) is 36.5 Å². The largest absolute Gasteiger partial charge is 0.478 e. The maximum Gasteiger partial charge on any atom is 0.365 e. The van der Waals surface area contributed by atoms with E-state index in [-0.39, 0.29) is 6.42 Å². The molecule has 114 valence electrons. The van der Waals surface area contributed by atoms with Gasteiger partial charge in [0.2, 0.25) is 0 Å². The second-order valence-corrected chi connectivity index (χ2v) is 6.77. The van der Waals surface area contributed by atoms with Gasteiger partial charge in [0, 0.05) is 0 Å². The Morgan fingerprint density at radius 3 is 2.30 bits per heavy atom. The molecule has 1 rings (SSSR count). The van der Waals surface area contributed by atoms with Crippen molar-refractivity contribution in [1.29, 1.82) is 0 Å². The van der Waals surface area contributed by atoms with Gasteiger partial charge >= 0.3 is 7.60 Å². The normalized spacial score (nSPS) is 13.2. The third-order valence-electron chi connectivity index (χ3n) is 3.17. The number of aryl methyl sites for hydroxylation is 2. The van der Waals surface area contributed by atoms with Gasteiger partial charge in [-0.1, -0.05) is 45.7 Å². The van der Waals surface area contributed by atoms with E-state index in [4.69, 9.17) is 4.74 Å². The van der Waals surface area contributed by atoms with Crippen LogP contribution in [-0.4, -0.2) is 15.6 Å². The van der Waals surface area contributed by atoms with E-state index >= 15 is 0 Å². The lowest BCUT2D eigenvalue weighted by molar-refractivity contribution is 0.217. The van der Waals surface area contributed by atoms with Crippen molar-refractivity contribution in [3.8, 4) is 5.75 Å². The Bertz CT molecular complexity index is 467. The molecular formula is C15H25O4P. The molecular weight excluding hydrogens is 275 g/mol. The summed E-state index contributed by atoms with van der Waals surface area (Å²) in [6.45, 7) is 5.93. The molecule has 0 saturated carbocycles. The molecule has 0 fully saturated rings. The van der Waals surface area contributed by atoms with Gasteiger partial charge in [-0.15, -0.1) is 0 Å². The summed E-state index contributed by atoms with van der Waals surface area (Å²) >= 11 is 0. The number of hydrogen-bond donors (Lipinski definition) is 2. The van der Waals surface area contributed by atoms with Gasteiger partial charge in [0.05, 0.1) is 0 Å². The summed E-state index contributed by atoms with van der Waals surface area (Å²) in [5.74, 6) is -0.461. The first kappa shape index (κ1) is 17.2. The third kappa shape index (κ3) is 4.93. The van der Waals surface area contributed by atoms with E-state index in [0.717, 1.165) is 31.2 Å². The van der Waals surface area contributed by atoms with E-state index in [1.165, 1.54) is 5.56 Å². The van der Waals surface area contributed by atoms with Crippen molar-refractivity contribution < 1.29 is 19.1 Å². The zero-order valence-electron chi connectivity index (χ0n) is 12.5. The second-order valence-electron chi connectivity index (χ2n) is 5.01. The molecule has 2 N–H and O–H groups in total. The van der Waals surface area contributed by atoms with Gasteiger partial charge in [0.1, 0.15) is 5.75 Å². The standard InChI is InChI=1S/C15H25O4P/c1-4-7-12-9-10-14(13(11-12)8-5-2)19-15(6-3)20(16,17)18/h9-11,15H,4-8H2,1-3H3,(H2,16,17,18). The summed E-state index contributed by atoms with van der Waals surface area (Å²) in [5, 5.41) is 0. The van der Waals surface area contributed by atoms with Crippen LogP contribution in [0.3, 0.4) is 0 Å². The molecule has 0 bridgehead atoms. The van der Waals surface area contributed by atoms with E-state index < -0.39 is 13.4 Å². The first-order valence-electron chi connectivity index (χ1n) is 7.26. The zero-order chi connectivity index (χ0) is 15.2. The zero-order valence-corrected chi connectivity index (χ0v) is 13.4. The number of benzene rings is 1. The van der Waals surface area contributed by atoms with Crippen molar-refractivity contribution in [2.75, 3.05) is 0 Å². The average Bonchev–Trinajstić information content (AvgIpc) is 2.37. The quantitative estimate of drug-likeness (QED) is 0.715. The summed E-state index contributed by atoms with van der Waals surface area (Å²) in [6, 6.07) is 5.91. The Hall–Kier alpha value is -0.830. The molecule has 1 unspecified atom stereocenters. The van der Waals surface area contributed by atoms with Gasteiger partial charge in [-0.3, -0.25) is 4.57 Å². The van der Waals surface area contributed by atoms with Crippen LogP contribution in [0.1, 0.15) is 51.2 Å². The van der Waals surface area contributed by atoms with Crippen molar-refractivity contribution in [2.24, 2.45) is 0 Å².